The number of hydrogen-bond acceptors (Lipinski definition) is 4. The van der Waals surface area contributed by atoms with Crippen molar-refractivity contribution < 1.29 is 14.4 Å². The van der Waals surface area contributed by atoms with E-state index in [4.69, 9.17) is 17.3 Å². The number of aromatic nitrogens is 2. The van der Waals surface area contributed by atoms with Crippen molar-refractivity contribution in [3.63, 3.8) is 0 Å². The summed E-state index contributed by atoms with van der Waals surface area (Å²) < 4.78 is 1.71. The van der Waals surface area contributed by atoms with E-state index in [0.29, 0.717) is 43.8 Å². The van der Waals surface area contributed by atoms with Crippen LogP contribution in [0.25, 0.3) is 0 Å². The van der Waals surface area contributed by atoms with E-state index in [0.717, 1.165) is 12.1 Å². The highest BCUT2D eigenvalue weighted by Gasteiger charge is 2.49. The topological polar surface area (TPSA) is 110 Å². The molecule has 31 heavy (non-hydrogen) atoms. The van der Waals surface area contributed by atoms with Crippen molar-refractivity contribution in [3.05, 3.63) is 47.0 Å². The van der Waals surface area contributed by atoms with Crippen LogP contribution in [0.2, 0.25) is 5.02 Å². The number of para-hydroxylation sites is 1. The molecule has 4 rings (SSSR count). The molecular weight excluding hydrogens is 418 g/mol. The van der Waals surface area contributed by atoms with Crippen LogP contribution < -0.4 is 16.0 Å². The fourth-order valence-corrected chi connectivity index (χ4v) is 5.15. The van der Waals surface area contributed by atoms with E-state index in [1.165, 1.54) is 6.33 Å². The van der Waals surface area contributed by atoms with Crippen molar-refractivity contribution in [2.75, 3.05) is 18.0 Å². The van der Waals surface area contributed by atoms with Gasteiger partial charge in [0.2, 0.25) is 5.91 Å². The number of hydrogen-bond donors (Lipinski definition) is 2. The number of nitrogens with one attached hydrogen (secondary N) is 1. The molecule has 1 aromatic carbocycles. The van der Waals surface area contributed by atoms with Crippen LogP contribution in [-0.2, 0) is 4.79 Å². The molecule has 3 N–H and O–H groups in total. The lowest BCUT2D eigenvalue weighted by Crippen LogP contribution is -2.38. The quantitative estimate of drug-likeness (QED) is 0.740. The fraction of sp³-hybridized carbons (Fsp3) is 0.455. The Bertz CT molecular complexity index is 1030. The standard InChI is InChI=1S/C22H26ClN5O3/c1-2-25-20(30)17-18(19(24)29)28(13-26-17)14-7-9-22(10-8-14)11-12-27(21(22)31)16-6-4-3-5-15(16)23/h3-6,13-14H,2,7-12H2,1H3,(H2,24,29)(H,25,30). The number of imidazole rings is 1. The Morgan fingerprint density at radius 3 is 2.61 bits per heavy atom. The number of anilines is 1. The lowest BCUT2D eigenvalue weighted by molar-refractivity contribution is -0.127. The van der Waals surface area contributed by atoms with Gasteiger partial charge < -0.3 is 20.5 Å². The minimum Gasteiger partial charge on any atom is -0.364 e. The summed E-state index contributed by atoms with van der Waals surface area (Å²) in [6.45, 7) is 2.87. The van der Waals surface area contributed by atoms with Crippen molar-refractivity contribution in [2.24, 2.45) is 11.1 Å². The van der Waals surface area contributed by atoms with Gasteiger partial charge >= 0.3 is 0 Å². The zero-order chi connectivity index (χ0) is 22.2. The number of primary amides is 1. The number of carbonyl (C=O) groups is 3. The highest BCUT2D eigenvalue weighted by atomic mass is 35.5. The lowest BCUT2D eigenvalue weighted by Gasteiger charge is -2.36. The summed E-state index contributed by atoms with van der Waals surface area (Å²) in [5, 5.41) is 3.23. The van der Waals surface area contributed by atoms with Gasteiger partial charge in [0.25, 0.3) is 11.8 Å². The second kappa shape index (κ2) is 8.34. The number of nitrogens with zero attached hydrogens (tertiary/aromatic N) is 3. The number of nitrogens with two attached hydrogens (primary N) is 1. The van der Waals surface area contributed by atoms with Crippen molar-refractivity contribution in [2.45, 2.75) is 45.1 Å². The maximum Gasteiger partial charge on any atom is 0.272 e. The minimum absolute atomic E-state index is 0.0361. The molecule has 1 saturated heterocycles. The Hall–Kier alpha value is -2.87. The molecule has 1 saturated carbocycles. The molecule has 0 atom stereocenters. The van der Waals surface area contributed by atoms with Crippen molar-refractivity contribution >= 4 is 35.0 Å². The summed E-state index contributed by atoms with van der Waals surface area (Å²) >= 11 is 6.32. The molecular formula is C22H26ClN5O3. The molecule has 2 aliphatic rings. The van der Waals surface area contributed by atoms with Crippen LogP contribution >= 0.6 is 11.6 Å². The normalized spacial score (nSPS) is 23.4. The number of amides is 3. The van der Waals surface area contributed by atoms with Gasteiger partial charge in [-0.2, -0.15) is 0 Å². The van der Waals surface area contributed by atoms with Crippen molar-refractivity contribution in [3.8, 4) is 0 Å². The third kappa shape index (κ3) is 3.69. The number of benzene rings is 1. The summed E-state index contributed by atoms with van der Waals surface area (Å²) in [6.07, 6.45) is 5.09. The molecule has 8 nitrogen and oxygen atoms in total. The van der Waals surface area contributed by atoms with Crippen LogP contribution in [0, 0.1) is 5.41 Å². The molecule has 1 aromatic heterocycles. The summed E-state index contributed by atoms with van der Waals surface area (Å²) in [4.78, 5) is 43.6. The fourth-order valence-electron chi connectivity index (χ4n) is 4.91. The van der Waals surface area contributed by atoms with E-state index < -0.39 is 17.2 Å². The van der Waals surface area contributed by atoms with Crippen LogP contribution in [0.4, 0.5) is 5.69 Å². The predicted molar refractivity (Wildman–Crippen MR) is 117 cm³/mol. The molecule has 2 aromatic rings. The van der Waals surface area contributed by atoms with Gasteiger partial charge in [-0.05, 0) is 51.2 Å². The van der Waals surface area contributed by atoms with Crippen molar-refractivity contribution in [1.82, 2.24) is 14.9 Å². The van der Waals surface area contributed by atoms with Gasteiger partial charge in [-0.15, -0.1) is 0 Å². The molecule has 2 heterocycles. The van der Waals surface area contributed by atoms with E-state index >= 15 is 0 Å². The van der Waals surface area contributed by atoms with E-state index in [9.17, 15) is 14.4 Å². The summed E-state index contributed by atoms with van der Waals surface area (Å²) in [5.41, 5.74) is 6.11. The van der Waals surface area contributed by atoms with Gasteiger partial charge in [0.15, 0.2) is 5.69 Å². The summed E-state index contributed by atoms with van der Waals surface area (Å²) in [6, 6.07) is 7.36. The molecule has 0 radical (unpaired) electrons. The zero-order valence-electron chi connectivity index (χ0n) is 17.4. The average Bonchev–Trinajstić information content (AvgIpc) is 3.33. The minimum atomic E-state index is -0.680. The van der Waals surface area contributed by atoms with Crippen LogP contribution in [-0.4, -0.2) is 40.4 Å². The molecule has 1 aliphatic heterocycles. The first-order chi connectivity index (χ1) is 14.9. The molecule has 9 heteroatoms. The van der Waals surface area contributed by atoms with Crippen LogP contribution in [0.1, 0.15) is 66.0 Å². The van der Waals surface area contributed by atoms with Gasteiger partial charge in [-0.1, -0.05) is 23.7 Å². The van der Waals surface area contributed by atoms with Gasteiger partial charge in [0.1, 0.15) is 5.69 Å². The maximum atomic E-state index is 13.3. The molecule has 164 valence electrons. The molecule has 3 amide bonds. The van der Waals surface area contributed by atoms with E-state index in [2.05, 4.69) is 10.3 Å². The highest BCUT2D eigenvalue weighted by Crippen LogP contribution is 2.49. The molecule has 1 spiro atoms. The van der Waals surface area contributed by atoms with E-state index in [1.54, 1.807) is 22.5 Å². The second-order valence-electron chi connectivity index (χ2n) is 8.24. The monoisotopic (exact) mass is 443 g/mol. The zero-order valence-corrected chi connectivity index (χ0v) is 18.2. The van der Waals surface area contributed by atoms with Gasteiger partial charge in [-0.25, -0.2) is 4.98 Å². The Labute approximate surface area is 185 Å². The molecule has 0 bridgehead atoms. The third-order valence-corrected chi connectivity index (χ3v) is 6.86. The van der Waals surface area contributed by atoms with E-state index in [-0.39, 0.29) is 23.3 Å². The van der Waals surface area contributed by atoms with Gasteiger partial charge in [0, 0.05) is 19.1 Å². The first kappa shape index (κ1) is 21.4. The first-order valence-corrected chi connectivity index (χ1v) is 11.0. The van der Waals surface area contributed by atoms with Crippen molar-refractivity contribution in [1.29, 1.82) is 0 Å². The SMILES string of the molecule is CCNC(=O)c1ncn(C2CCC3(CC2)CCN(c2ccccc2Cl)C3=O)c1C(N)=O. The van der Waals surface area contributed by atoms with Crippen LogP contribution in [0.15, 0.2) is 30.6 Å². The Morgan fingerprint density at radius 2 is 1.97 bits per heavy atom. The molecule has 1 aliphatic carbocycles. The van der Waals surface area contributed by atoms with Gasteiger partial charge in [0.05, 0.1) is 22.5 Å². The highest BCUT2D eigenvalue weighted by molar-refractivity contribution is 6.34. The lowest BCUT2D eigenvalue weighted by atomic mass is 9.71. The Kier molecular flexibility index (Phi) is 5.75. The summed E-state index contributed by atoms with van der Waals surface area (Å²) in [5.74, 6) is -0.979. The van der Waals surface area contributed by atoms with Crippen LogP contribution in [0.5, 0.6) is 0 Å². The predicted octanol–water partition coefficient (Wildman–Crippen LogP) is 2.92. The number of rotatable bonds is 5. The van der Waals surface area contributed by atoms with E-state index in [1.807, 2.05) is 18.2 Å². The van der Waals surface area contributed by atoms with Crippen LogP contribution in [0.3, 0.4) is 0 Å². The maximum absolute atomic E-state index is 13.3. The summed E-state index contributed by atoms with van der Waals surface area (Å²) in [7, 11) is 0. The number of halogens is 1. The molecule has 2 fully saturated rings. The van der Waals surface area contributed by atoms with Gasteiger partial charge in [-0.3, -0.25) is 14.4 Å². The third-order valence-electron chi connectivity index (χ3n) is 6.54. The molecule has 0 unspecified atom stereocenters. The Morgan fingerprint density at radius 1 is 1.26 bits per heavy atom. The number of carbonyl (C=O) groups excluding carboxylic acids is 3. The average molecular weight is 444 g/mol. The second-order valence-corrected chi connectivity index (χ2v) is 8.65. The first-order valence-electron chi connectivity index (χ1n) is 10.6. The Balaban J connectivity index is 1.52. The smallest absolute Gasteiger partial charge is 0.272 e. The largest absolute Gasteiger partial charge is 0.364 e.